The van der Waals surface area contributed by atoms with Crippen LogP contribution in [0, 0.1) is 5.92 Å². The highest BCUT2D eigenvalue weighted by atomic mass is 16.5. The van der Waals surface area contributed by atoms with Crippen molar-refractivity contribution in [1.29, 1.82) is 0 Å². The van der Waals surface area contributed by atoms with Crippen molar-refractivity contribution in [1.82, 2.24) is 0 Å². The molecule has 0 bridgehead atoms. The van der Waals surface area contributed by atoms with Gasteiger partial charge in [-0.1, -0.05) is 19.4 Å². The van der Waals surface area contributed by atoms with Gasteiger partial charge in [0.15, 0.2) is 11.5 Å². The molecule has 0 spiro atoms. The number of aryl methyl sites for hydroxylation is 1. The molecule has 18 heavy (non-hydrogen) atoms. The summed E-state index contributed by atoms with van der Waals surface area (Å²) in [7, 11) is 0. The molecule has 2 N–H and O–H groups in total. The first-order valence-electron chi connectivity index (χ1n) is 6.88. The third-order valence-corrected chi connectivity index (χ3v) is 3.22. The highest BCUT2D eigenvalue weighted by molar-refractivity contribution is 5.43. The molecule has 0 radical (unpaired) electrons. The second-order valence-electron chi connectivity index (χ2n) is 5.11. The van der Waals surface area contributed by atoms with E-state index in [1.54, 1.807) is 0 Å². The Kier molecular flexibility index (Phi) is 4.88. The first kappa shape index (κ1) is 13.2. The van der Waals surface area contributed by atoms with Gasteiger partial charge in [-0.3, -0.25) is 0 Å². The van der Waals surface area contributed by atoms with Crippen LogP contribution in [0.3, 0.4) is 0 Å². The van der Waals surface area contributed by atoms with E-state index in [1.165, 1.54) is 18.4 Å². The third-order valence-electron chi connectivity index (χ3n) is 3.22. The van der Waals surface area contributed by atoms with Gasteiger partial charge in [0.05, 0.1) is 13.2 Å². The summed E-state index contributed by atoms with van der Waals surface area (Å²) in [6, 6.07) is 6.29. The molecule has 1 heterocycles. The largest absolute Gasteiger partial charge is 0.489 e. The molecular weight excluding hydrogens is 226 g/mol. The number of hydrogen-bond acceptors (Lipinski definition) is 3. The van der Waals surface area contributed by atoms with E-state index in [9.17, 15) is 0 Å². The molecule has 0 saturated carbocycles. The summed E-state index contributed by atoms with van der Waals surface area (Å²) in [6.45, 7) is 4.41. The molecule has 1 unspecified atom stereocenters. The minimum atomic E-state index is 0.449. The van der Waals surface area contributed by atoms with Gasteiger partial charge in [-0.15, -0.1) is 0 Å². The first-order valence-corrected chi connectivity index (χ1v) is 6.88. The maximum Gasteiger partial charge on any atom is 0.161 e. The second kappa shape index (κ2) is 6.64. The minimum absolute atomic E-state index is 0.449. The fourth-order valence-electron chi connectivity index (χ4n) is 2.10. The second-order valence-corrected chi connectivity index (χ2v) is 5.11. The lowest BCUT2D eigenvalue weighted by Gasteiger charge is -2.09. The van der Waals surface area contributed by atoms with Crippen LogP contribution in [-0.2, 0) is 6.42 Å². The molecule has 3 heteroatoms. The van der Waals surface area contributed by atoms with Gasteiger partial charge >= 0.3 is 0 Å². The summed E-state index contributed by atoms with van der Waals surface area (Å²) in [4.78, 5) is 0. The van der Waals surface area contributed by atoms with Gasteiger partial charge in [0.1, 0.15) is 0 Å². The van der Waals surface area contributed by atoms with Crippen LogP contribution in [-0.4, -0.2) is 19.8 Å². The van der Waals surface area contributed by atoms with Gasteiger partial charge in [0, 0.05) is 5.92 Å². The molecule has 1 atom stereocenters. The van der Waals surface area contributed by atoms with Crippen LogP contribution in [0.5, 0.6) is 11.5 Å². The SMILES string of the molecule is CC1COc2ccc(CCCCCN)cc2OC1. The van der Waals surface area contributed by atoms with Gasteiger partial charge in [-0.05, 0) is 43.5 Å². The Hall–Kier alpha value is -1.22. The quantitative estimate of drug-likeness (QED) is 0.816. The summed E-state index contributed by atoms with van der Waals surface area (Å²) in [5, 5.41) is 0. The Morgan fingerprint density at radius 2 is 1.89 bits per heavy atom. The van der Waals surface area contributed by atoms with Crippen molar-refractivity contribution >= 4 is 0 Å². The Bertz CT molecular complexity index is 379. The fraction of sp³-hybridized carbons (Fsp3) is 0.600. The zero-order valence-corrected chi connectivity index (χ0v) is 11.2. The van der Waals surface area contributed by atoms with Crippen LogP contribution >= 0.6 is 0 Å². The molecule has 1 aliphatic rings. The Labute approximate surface area is 109 Å². The number of benzene rings is 1. The molecule has 0 saturated heterocycles. The number of unbranched alkanes of at least 4 members (excludes halogenated alkanes) is 2. The monoisotopic (exact) mass is 249 g/mol. The van der Waals surface area contributed by atoms with Gasteiger partial charge in [-0.25, -0.2) is 0 Å². The summed E-state index contributed by atoms with van der Waals surface area (Å²) >= 11 is 0. The fourth-order valence-corrected chi connectivity index (χ4v) is 2.10. The van der Waals surface area contributed by atoms with Crippen molar-refractivity contribution in [3.05, 3.63) is 23.8 Å². The van der Waals surface area contributed by atoms with Crippen LogP contribution in [0.4, 0.5) is 0 Å². The Morgan fingerprint density at radius 3 is 2.67 bits per heavy atom. The summed E-state index contributed by atoms with van der Waals surface area (Å²) in [5.41, 5.74) is 6.82. The van der Waals surface area contributed by atoms with Crippen LogP contribution in [0.2, 0.25) is 0 Å². The number of rotatable bonds is 5. The van der Waals surface area contributed by atoms with Gasteiger partial charge in [0.2, 0.25) is 0 Å². The van der Waals surface area contributed by atoms with Gasteiger partial charge in [-0.2, -0.15) is 0 Å². The molecule has 0 aromatic heterocycles. The van der Waals surface area contributed by atoms with Crippen LogP contribution < -0.4 is 15.2 Å². The zero-order chi connectivity index (χ0) is 12.8. The van der Waals surface area contributed by atoms with Crippen molar-refractivity contribution in [2.24, 2.45) is 11.7 Å². The molecule has 2 rings (SSSR count). The standard InChI is InChI=1S/C15H23NO2/c1-12-10-17-14-7-6-13(5-3-2-4-8-16)9-15(14)18-11-12/h6-7,9,12H,2-5,8,10-11,16H2,1H3. The Morgan fingerprint density at radius 1 is 1.11 bits per heavy atom. The number of nitrogens with two attached hydrogens (primary N) is 1. The van der Waals surface area contributed by atoms with Crippen LogP contribution in [0.15, 0.2) is 18.2 Å². The highest BCUT2D eigenvalue weighted by Gasteiger charge is 2.14. The molecule has 1 aromatic rings. The zero-order valence-electron chi connectivity index (χ0n) is 11.2. The third kappa shape index (κ3) is 3.64. The summed E-state index contributed by atoms with van der Waals surface area (Å²) in [6.07, 6.45) is 4.59. The van der Waals surface area contributed by atoms with E-state index < -0.39 is 0 Å². The van der Waals surface area contributed by atoms with Crippen molar-refractivity contribution in [2.75, 3.05) is 19.8 Å². The molecule has 0 amide bonds. The Balaban J connectivity index is 1.94. The molecule has 100 valence electrons. The van der Waals surface area contributed by atoms with E-state index in [0.717, 1.165) is 44.1 Å². The molecule has 0 fully saturated rings. The van der Waals surface area contributed by atoms with E-state index in [1.807, 2.05) is 6.07 Å². The maximum absolute atomic E-state index is 5.78. The van der Waals surface area contributed by atoms with E-state index in [4.69, 9.17) is 15.2 Å². The highest BCUT2D eigenvalue weighted by Crippen LogP contribution is 2.31. The van der Waals surface area contributed by atoms with Crippen molar-refractivity contribution in [3.63, 3.8) is 0 Å². The molecule has 3 nitrogen and oxygen atoms in total. The van der Waals surface area contributed by atoms with Crippen molar-refractivity contribution < 1.29 is 9.47 Å². The minimum Gasteiger partial charge on any atom is -0.489 e. The van der Waals surface area contributed by atoms with E-state index >= 15 is 0 Å². The maximum atomic E-state index is 5.78. The van der Waals surface area contributed by atoms with Crippen LogP contribution in [0.1, 0.15) is 31.7 Å². The molecule has 1 aliphatic heterocycles. The number of hydrogen-bond donors (Lipinski definition) is 1. The van der Waals surface area contributed by atoms with Gasteiger partial charge < -0.3 is 15.2 Å². The summed E-state index contributed by atoms with van der Waals surface area (Å²) in [5.74, 6) is 2.23. The van der Waals surface area contributed by atoms with Crippen molar-refractivity contribution in [3.8, 4) is 11.5 Å². The lowest BCUT2D eigenvalue weighted by Crippen LogP contribution is -2.12. The number of ether oxygens (including phenoxy) is 2. The smallest absolute Gasteiger partial charge is 0.161 e. The number of fused-ring (bicyclic) bond motifs is 1. The lowest BCUT2D eigenvalue weighted by molar-refractivity contribution is 0.228. The summed E-state index contributed by atoms with van der Waals surface area (Å²) < 4.78 is 11.5. The van der Waals surface area contributed by atoms with E-state index in [0.29, 0.717) is 5.92 Å². The lowest BCUT2D eigenvalue weighted by atomic mass is 10.1. The topological polar surface area (TPSA) is 44.5 Å². The molecule has 0 aliphatic carbocycles. The predicted molar refractivity (Wildman–Crippen MR) is 73.2 cm³/mol. The molecule has 1 aromatic carbocycles. The predicted octanol–water partition coefficient (Wildman–Crippen LogP) is 2.77. The molecular formula is C15H23NO2. The average molecular weight is 249 g/mol. The average Bonchev–Trinajstić information content (AvgIpc) is 2.57. The normalized spacial score (nSPS) is 18.4. The first-order chi connectivity index (χ1) is 8.79. The van der Waals surface area contributed by atoms with E-state index in [-0.39, 0.29) is 0 Å². The van der Waals surface area contributed by atoms with Gasteiger partial charge in [0.25, 0.3) is 0 Å². The van der Waals surface area contributed by atoms with Crippen molar-refractivity contribution in [2.45, 2.75) is 32.6 Å². The van der Waals surface area contributed by atoms with Crippen LogP contribution in [0.25, 0.3) is 0 Å². The van der Waals surface area contributed by atoms with E-state index in [2.05, 4.69) is 19.1 Å².